The fourth-order valence-electron chi connectivity index (χ4n) is 2.11. The molecular weight excluding hydrogens is 264 g/mol. The van der Waals surface area contributed by atoms with E-state index in [0.717, 1.165) is 19.3 Å². The molecule has 1 fully saturated rings. The highest BCUT2D eigenvalue weighted by Gasteiger charge is 2.35. The first-order valence-corrected chi connectivity index (χ1v) is 8.04. The smallest absolute Gasteiger partial charge is 0.215 e. The number of ether oxygens (including phenoxy) is 1. The molecule has 3 N–H and O–H groups in total. The molecule has 1 saturated carbocycles. The Morgan fingerprint density at radius 3 is 2.63 bits per heavy atom. The maximum atomic E-state index is 11.9. The molecule has 0 heterocycles. The molecule has 0 aromatic heterocycles. The van der Waals surface area contributed by atoms with Crippen LogP contribution in [0.5, 0.6) is 5.75 Å². The van der Waals surface area contributed by atoms with Gasteiger partial charge >= 0.3 is 0 Å². The number of para-hydroxylation sites is 2. The van der Waals surface area contributed by atoms with Crippen LogP contribution in [0.15, 0.2) is 24.3 Å². The van der Waals surface area contributed by atoms with Gasteiger partial charge in [-0.15, -0.1) is 0 Å². The Hall–Kier alpha value is -1.27. The first-order chi connectivity index (χ1) is 8.90. The molecule has 0 unspecified atom stereocenters. The van der Waals surface area contributed by atoms with Gasteiger partial charge in [0, 0.05) is 5.54 Å². The van der Waals surface area contributed by atoms with Gasteiger partial charge in [-0.2, -0.15) is 0 Å². The van der Waals surface area contributed by atoms with Gasteiger partial charge in [0.05, 0.1) is 11.4 Å². The van der Waals surface area contributed by atoms with E-state index in [1.54, 1.807) is 24.3 Å². The van der Waals surface area contributed by atoms with Crippen molar-refractivity contribution in [3.63, 3.8) is 0 Å². The molecule has 0 aliphatic heterocycles. The van der Waals surface area contributed by atoms with Crippen molar-refractivity contribution in [3.8, 4) is 5.75 Å². The molecule has 106 valence electrons. The van der Waals surface area contributed by atoms with Gasteiger partial charge in [0.1, 0.15) is 12.4 Å². The number of nitrogens with one attached hydrogen (secondary N) is 1. The molecular formula is C13H20N2O3S. The topological polar surface area (TPSA) is 81.4 Å². The van der Waals surface area contributed by atoms with Crippen LogP contribution in [0.2, 0.25) is 0 Å². The number of rotatable bonds is 6. The maximum absolute atomic E-state index is 11.9. The van der Waals surface area contributed by atoms with Crippen molar-refractivity contribution in [3.05, 3.63) is 24.3 Å². The van der Waals surface area contributed by atoms with Gasteiger partial charge in [0.15, 0.2) is 0 Å². The van der Waals surface area contributed by atoms with Gasteiger partial charge in [-0.1, -0.05) is 12.1 Å². The number of sulfonamides is 1. The Bertz CT molecular complexity index is 539. The van der Waals surface area contributed by atoms with Gasteiger partial charge < -0.3 is 10.5 Å². The lowest BCUT2D eigenvalue weighted by Crippen LogP contribution is -2.51. The molecule has 0 amide bonds. The predicted octanol–water partition coefficient (Wildman–Crippen LogP) is 1.51. The highest BCUT2D eigenvalue weighted by molar-refractivity contribution is 7.89. The summed E-state index contributed by atoms with van der Waals surface area (Å²) in [6.07, 6.45) is 2.88. The predicted molar refractivity (Wildman–Crippen MR) is 75.5 cm³/mol. The van der Waals surface area contributed by atoms with E-state index in [1.807, 2.05) is 6.92 Å². The molecule has 5 nitrogen and oxygen atoms in total. The Morgan fingerprint density at radius 1 is 1.37 bits per heavy atom. The lowest BCUT2D eigenvalue weighted by Gasteiger charge is -2.38. The fourth-order valence-corrected chi connectivity index (χ4v) is 3.47. The number of benzene rings is 1. The minimum Gasteiger partial charge on any atom is -0.490 e. The van der Waals surface area contributed by atoms with Crippen molar-refractivity contribution in [2.45, 2.75) is 31.7 Å². The Balaban J connectivity index is 1.83. The van der Waals surface area contributed by atoms with Crippen LogP contribution in [0.3, 0.4) is 0 Å². The molecule has 6 heteroatoms. The summed E-state index contributed by atoms with van der Waals surface area (Å²) in [5.74, 6) is 0.462. The second kappa shape index (κ2) is 5.38. The second-order valence-corrected chi connectivity index (χ2v) is 7.06. The molecule has 1 aromatic carbocycles. The summed E-state index contributed by atoms with van der Waals surface area (Å²) in [7, 11) is -3.30. The van der Waals surface area contributed by atoms with Crippen molar-refractivity contribution in [1.82, 2.24) is 4.72 Å². The van der Waals surface area contributed by atoms with E-state index in [0.29, 0.717) is 11.4 Å². The zero-order chi connectivity index (χ0) is 13.9. The average Bonchev–Trinajstić information content (AvgIpc) is 2.29. The third-order valence-electron chi connectivity index (χ3n) is 3.39. The van der Waals surface area contributed by atoms with Crippen LogP contribution in [0.4, 0.5) is 5.69 Å². The quantitative estimate of drug-likeness (QED) is 0.776. The van der Waals surface area contributed by atoms with Crippen molar-refractivity contribution < 1.29 is 13.2 Å². The zero-order valence-corrected chi connectivity index (χ0v) is 11.9. The summed E-state index contributed by atoms with van der Waals surface area (Å²) in [5, 5.41) is 0. The highest BCUT2D eigenvalue weighted by Crippen LogP contribution is 2.31. The average molecular weight is 284 g/mol. The van der Waals surface area contributed by atoms with E-state index in [1.165, 1.54) is 0 Å². The van der Waals surface area contributed by atoms with Crippen molar-refractivity contribution in [2.75, 3.05) is 18.1 Å². The van der Waals surface area contributed by atoms with E-state index in [9.17, 15) is 8.42 Å². The molecule has 1 aliphatic carbocycles. The molecule has 19 heavy (non-hydrogen) atoms. The number of hydrogen-bond donors (Lipinski definition) is 2. The Morgan fingerprint density at radius 2 is 2.05 bits per heavy atom. The van der Waals surface area contributed by atoms with Gasteiger partial charge in [-0.05, 0) is 38.3 Å². The molecule has 0 saturated heterocycles. The number of nitrogens with two attached hydrogens (primary N) is 1. The Kier molecular flexibility index (Phi) is 4.01. The van der Waals surface area contributed by atoms with E-state index < -0.39 is 10.0 Å². The summed E-state index contributed by atoms with van der Waals surface area (Å²) < 4.78 is 31.9. The maximum Gasteiger partial charge on any atom is 0.215 e. The largest absolute Gasteiger partial charge is 0.490 e. The van der Waals surface area contributed by atoms with Crippen LogP contribution < -0.4 is 15.2 Å². The van der Waals surface area contributed by atoms with Gasteiger partial charge in [0.25, 0.3) is 0 Å². The van der Waals surface area contributed by atoms with Gasteiger partial charge in [-0.3, -0.25) is 0 Å². The lowest BCUT2D eigenvalue weighted by atomic mass is 9.80. The fraction of sp³-hybridized carbons (Fsp3) is 0.538. The van der Waals surface area contributed by atoms with Crippen LogP contribution in [0, 0.1) is 0 Å². The van der Waals surface area contributed by atoms with Crippen molar-refractivity contribution in [1.29, 1.82) is 0 Å². The van der Waals surface area contributed by atoms with Crippen LogP contribution in [-0.2, 0) is 10.0 Å². The van der Waals surface area contributed by atoms with Crippen molar-refractivity contribution in [2.24, 2.45) is 0 Å². The third-order valence-corrected chi connectivity index (χ3v) is 4.90. The summed E-state index contributed by atoms with van der Waals surface area (Å²) in [5.41, 5.74) is 5.97. The van der Waals surface area contributed by atoms with Crippen LogP contribution in [-0.4, -0.2) is 26.3 Å². The van der Waals surface area contributed by atoms with Crippen LogP contribution in [0.25, 0.3) is 0 Å². The summed E-state index contributed by atoms with van der Waals surface area (Å²) in [6, 6.07) is 7.05. The molecule has 0 bridgehead atoms. The molecule has 1 aliphatic rings. The van der Waals surface area contributed by atoms with E-state index >= 15 is 0 Å². The molecule has 0 radical (unpaired) electrons. The van der Waals surface area contributed by atoms with E-state index in [-0.39, 0.29) is 17.9 Å². The van der Waals surface area contributed by atoms with Gasteiger partial charge in [-0.25, -0.2) is 13.1 Å². The van der Waals surface area contributed by atoms with E-state index in [2.05, 4.69) is 4.72 Å². The number of nitrogen functional groups attached to an aromatic ring is 1. The molecule has 2 rings (SSSR count). The van der Waals surface area contributed by atoms with E-state index in [4.69, 9.17) is 10.5 Å². The normalized spacial score (nSPS) is 17.7. The minimum absolute atomic E-state index is 0.0586. The van der Waals surface area contributed by atoms with Crippen LogP contribution >= 0.6 is 0 Å². The first kappa shape index (κ1) is 14.1. The first-order valence-electron chi connectivity index (χ1n) is 6.39. The summed E-state index contributed by atoms with van der Waals surface area (Å²) in [4.78, 5) is 0. The number of anilines is 1. The summed E-state index contributed by atoms with van der Waals surface area (Å²) >= 11 is 0. The third kappa shape index (κ3) is 3.84. The summed E-state index contributed by atoms with van der Waals surface area (Å²) in [6.45, 7) is 2.03. The Labute approximate surface area is 114 Å². The monoisotopic (exact) mass is 284 g/mol. The number of hydrogen-bond acceptors (Lipinski definition) is 4. The minimum atomic E-state index is -3.30. The highest BCUT2D eigenvalue weighted by atomic mass is 32.2. The van der Waals surface area contributed by atoms with Crippen molar-refractivity contribution >= 4 is 15.7 Å². The molecule has 0 atom stereocenters. The molecule has 1 aromatic rings. The lowest BCUT2D eigenvalue weighted by molar-refractivity contribution is 0.247. The SMILES string of the molecule is CC1(NS(=O)(=O)CCOc2ccccc2N)CCC1. The second-order valence-electron chi connectivity index (χ2n) is 5.22. The standard InChI is InChI=1S/C13H20N2O3S/c1-13(7-4-8-13)15-19(16,17)10-9-18-12-6-3-2-5-11(12)14/h2-3,5-6,15H,4,7-10,14H2,1H3. The molecule has 0 spiro atoms. The van der Waals surface area contributed by atoms with Gasteiger partial charge in [0.2, 0.25) is 10.0 Å². The zero-order valence-electron chi connectivity index (χ0n) is 11.1. The van der Waals surface area contributed by atoms with Crippen LogP contribution in [0.1, 0.15) is 26.2 Å².